The van der Waals surface area contributed by atoms with Crippen LogP contribution in [0.1, 0.15) is 12.5 Å². The van der Waals surface area contributed by atoms with Crippen LogP contribution in [0, 0.1) is 6.92 Å². The lowest BCUT2D eigenvalue weighted by molar-refractivity contribution is 0.392. The molecule has 0 fully saturated rings. The highest BCUT2D eigenvalue weighted by atomic mass is 15.1. The quantitative estimate of drug-likeness (QED) is 0.741. The molecule has 0 aromatic heterocycles. The van der Waals surface area contributed by atoms with Crippen molar-refractivity contribution in [3.8, 4) is 0 Å². The van der Waals surface area contributed by atoms with Gasteiger partial charge in [0.15, 0.2) is 0 Å². The Labute approximate surface area is 92.3 Å². The Morgan fingerprint density at radius 3 is 2.53 bits per heavy atom. The first kappa shape index (κ1) is 11.9. The Morgan fingerprint density at radius 1 is 1.33 bits per heavy atom. The van der Waals surface area contributed by atoms with E-state index in [1.807, 2.05) is 12.1 Å². The average Bonchev–Trinajstić information content (AvgIpc) is 1.98. The standard InChI is InChI=1S/C12H21N3/c1-9-5-11(13)7-12(6-9)14-10(2)8-15(3)4/h5-7,10,14H,8,13H2,1-4H3. The van der Waals surface area contributed by atoms with Gasteiger partial charge in [0.25, 0.3) is 0 Å². The zero-order chi connectivity index (χ0) is 11.4. The second-order valence-corrected chi connectivity index (χ2v) is 4.44. The van der Waals surface area contributed by atoms with Gasteiger partial charge in [-0.25, -0.2) is 0 Å². The fraction of sp³-hybridized carbons (Fsp3) is 0.500. The van der Waals surface area contributed by atoms with Crippen molar-refractivity contribution in [1.82, 2.24) is 4.90 Å². The van der Waals surface area contributed by atoms with Crippen molar-refractivity contribution in [2.24, 2.45) is 0 Å². The first-order valence-corrected chi connectivity index (χ1v) is 5.26. The number of nitrogens with two attached hydrogens (primary N) is 1. The molecule has 0 aliphatic heterocycles. The molecule has 0 aliphatic carbocycles. The van der Waals surface area contributed by atoms with E-state index in [-0.39, 0.29) is 0 Å². The molecule has 0 saturated carbocycles. The molecule has 0 radical (unpaired) electrons. The van der Waals surface area contributed by atoms with E-state index in [4.69, 9.17) is 5.73 Å². The van der Waals surface area contributed by atoms with Crippen LogP contribution in [-0.2, 0) is 0 Å². The van der Waals surface area contributed by atoms with Crippen LogP contribution in [0.3, 0.4) is 0 Å². The van der Waals surface area contributed by atoms with E-state index < -0.39 is 0 Å². The Morgan fingerprint density at radius 2 is 2.00 bits per heavy atom. The first-order chi connectivity index (χ1) is 6.97. The minimum atomic E-state index is 0.418. The molecular weight excluding hydrogens is 186 g/mol. The number of hydrogen-bond acceptors (Lipinski definition) is 3. The number of aryl methyl sites for hydroxylation is 1. The summed E-state index contributed by atoms with van der Waals surface area (Å²) < 4.78 is 0. The second kappa shape index (κ2) is 5.03. The number of hydrogen-bond donors (Lipinski definition) is 2. The maximum atomic E-state index is 5.79. The zero-order valence-corrected chi connectivity index (χ0v) is 10.0. The van der Waals surface area contributed by atoms with Crippen LogP contribution < -0.4 is 11.1 Å². The maximum absolute atomic E-state index is 5.79. The number of nitrogens with one attached hydrogen (secondary N) is 1. The molecule has 1 unspecified atom stereocenters. The SMILES string of the molecule is Cc1cc(N)cc(NC(C)CN(C)C)c1. The van der Waals surface area contributed by atoms with E-state index in [9.17, 15) is 0 Å². The van der Waals surface area contributed by atoms with Crippen LogP contribution in [0.2, 0.25) is 0 Å². The van der Waals surface area contributed by atoms with Crippen molar-refractivity contribution < 1.29 is 0 Å². The fourth-order valence-electron chi connectivity index (χ4n) is 1.77. The van der Waals surface area contributed by atoms with Gasteiger partial charge in [-0.05, 0) is 51.7 Å². The van der Waals surface area contributed by atoms with Gasteiger partial charge in [0.1, 0.15) is 0 Å². The van der Waals surface area contributed by atoms with Crippen LogP contribution in [0.4, 0.5) is 11.4 Å². The van der Waals surface area contributed by atoms with Gasteiger partial charge in [-0.2, -0.15) is 0 Å². The third-order valence-corrected chi connectivity index (χ3v) is 2.15. The van der Waals surface area contributed by atoms with Gasteiger partial charge in [-0.3, -0.25) is 0 Å². The summed E-state index contributed by atoms with van der Waals surface area (Å²) in [4.78, 5) is 2.16. The van der Waals surface area contributed by atoms with E-state index >= 15 is 0 Å². The predicted molar refractivity (Wildman–Crippen MR) is 67.2 cm³/mol. The summed E-state index contributed by atoms with van der Waals surface area (Å²) in [5, 5.41) is 3.43. The molecule has 3 heteroatoms. The Hall–Kier alpha value is -1.22. The second-order valence-electron chi connectivity index (χ2n) is 4.44. The molecule has 1 aromatic carbocycles. The van der Waals surface area contributed by atoms with Crippen molar-refractivity contribution in [2.75, 3.05) is 31.7 Å². The minimum Gasteiger partial charge on any atom is -0.399 e. The van der Waals surface area contributed by atoms with Crippen LogP contribution in [0.15, 0.2) is 18.2 Å². The lowest BCUT2D eigenvalue weighted by Crippen LogP contribution is -2.29. The molecule has 1 aromatic rings. The number of nitrogens with zero attached hydrogens (tertiary/aromatic N) is 1. The summed E-state index contributed by atoms with van der Waals surface area (Å²) in [5.74, 6) is 0. The topological polar surface area (TPSA) is 41.3 Å². The van der Waals surface area contributed by atoms with Crippen molar-refractivity contribution in [1.29, 1.82) is 0 Å². The normalized spacial score (nSPS) is 12.9. The van der Waals surface area contributed by atoms with Crippen LogP contribution in [0.25, 0.3) is 0 Å². The Kier molecular flexibility index (Phi) is 3.97. The number of nitrogen functional groups attached to an aromatic ring is 1. The third-order valence-electron chi connectivity index (χ3n) is 2.15. The fourth-order valence-corrected chi connectivity index (χ4v) is 1.77. The molecule has 3 N–H and O–H groups in total. The van der Waals surface area contributed by atoms with Crippen LogP contribution in [0.5, 0.6) is 0 Å². The number of benzene rings is 1. The molecule has 0 spiro atoms. The lowest BCUT2D eigenvalue weighted by Gasteiger charge is -2.19. The molecule has 15 heavy (non-hydrogen) atoms. The lowest BCUT2D eigenvalue weighted by atomic mass is 10.2. The number of likely N-dealkylation sites (N-methyl/N-ethyl adjacent to an activating group) is 1. The van der Waals surface area contributed by atoms with Crippen molar-refractivity contribution in [3.05, 3.63) is 23.8 Å². The monoisotopic (exact) mass is 207 g/mol. The molecule has 0 aliphatic rings. The summed E-state index contributed by atoms with van der Waals surface area (Å²) in [5.41, 5.74) is 8.89. The van der Waals surface area contributed by atoms with E-state index in [1.165, 1.54) is 5.56 Å². The molecule has 1 atom stereocenters. The largest absolute Gasteiger partial charge is 0.399 e. The van der Waals surface area contributed by atoms with Gasteiger partial charge in [0.05, 0.1) is 0 Å². The molecule has 3 nitrogen and oxygen atoms in total. The van der Waals surface area contributed by atoms with E-state index in [1.54, 1.807) is 0 Å². The van der Waals surface area contributed by atoms with Gasteiger partial charge < -0.3 is 16.0 Å². The van der Waals surface area contributed by atoms with Gasteiger partial charge in [0.2, 0.25) is 0 Å². The highest BCUT2D eigenvalue weighted by Crippen LogP contribution is 2.16. The van der Waals surface area contributed by atoms with Crippen molar-refractivity contribution in [2.45, 2.75) is 19.9 Å². The minimum absolute atomic E-state index is 0.418. The molecule has 84 valence electrons. The summed E-state index contributed by atoms with van der Waals surface area (Å²) in [6.07, 6.45) is 0. The van der Waals surface area contributed by atoms with Crippen LogP contribution >= 0.6 is 0 Å². The van der Waals surface area contributed by atoms with Gasteiger partial charge in [0, 0.05) is 24.0 Å². The molecule has 0 heterocycles. The number of anilines is 2. The van der Waals surface area contributed by atoms with Crippen molar-refractivity contribution in [3.63, 3.8) is 0 Å². The summed E-state index contributed by atoms with van der Waals surface area (Å²) >= 11 is 0. The summed E-state index contributed by atoms with van der Waals surface area (Å²) in [7, 11) is 4.14. The van der Waals surface area contributed by atoms with Crippen molar-refractivity contribution >= 4 is 11.4 Å². The Bertz CT molecular complexity index is 300. The van der Waals surface area contributed by atoms with Gasteiger partial charge in [-0.15, -0.1) is 0 Å². The average molecular weight is 207 g/mol. The third kappa shape index (κ3) is 4.21. The summed E-state index contributed by atoms with van der Waals surface area (Å²) in [6.45, 7) is 5.23. The van der Waals surface area contributed by atoms with E-state index in [0.717, 1.165) is 17.9 Å². The van der Waals surface area contributed by atoms with Gasteiger partial charge in [-0.1, -0.05) is 0 Å². The predicted octanol–water partition coefficient (Wildman–Crippen LogP) is 1.94. The summed E-state index contributed by atoms with van der Waals surface area (Å²) in [6, 6.07) is 6.48. The molecule has 0 amide bonds. The molecule has 1 rings (SSSR count). The van der Waals surface area contributed by atoms with Gasteiger partial charge >= 0.3 is 0 Å². The van der Waals surface area contributed by atoms with E-state index in [2.05, 4.69) is 44.2 Å². The molecule has 0 saturated heterocycles. The Balaban J connectivity index is 2.63. The van der Waals surface area contributed by atoms with Crippen LogP contribution in [-0.4, -0.2) is 31.6 Å². The first-order valence-electron chi connectivity index (χ1n) is 5.26. The molecular formula is C12H21N3. The number of rotatable bonds is 4. The smallest absolute Gasteiger partial charge is 0.0365 e. The molecule has 0 bridgehead atoms. The zero-order valence-electron chi connectivity index (χ0n) is 10.0. The highest BCUT2D eigenvalue weighted by Gasteiger charge is 2.03. The van der Waals surface area contributed by atoms with E-state index in [0.29, 0.717) is 6.04 Å². The highest BCUT2D eigenvalue weighted by molar-refractivity contribution is 5.57. The maximum Gasteiger partial charge on any atom is 0.0365 e.